The summed E-state index contributed by atoms with van der Waals surface area (Å²) in [5.74, 6) is 0. The average Bonchev–Trinajstić information content (AvgIpc) is 3.51. The second-order valence-corrected chi connectivity index (χ2v) is 9.56. The lowest BCUT2D eigenvalue weighted by Crippen LogP contribution is -2.51. The van der Waals surface area contributed by atoms with Crippen molar-refractivity contribution in [3.8, 4) is 0 Å². The van der Waals surface area contributed by atoms with E-state index in [1.165, 1.54) is 43.1 Å². The molecule has 0 amide bonds. The molecule has 0 radical (unpaired) electrons. The van der Waals surface area contributed by atoms with Crippen LogP contribution in [0.4, 0.5) is 11.4 Å². The third-order valence-electron chi connectivity index (χ3n) is 7.54. The van der Waals surface area contributed by atoms with Crippen LogP contribution in [0.15, 0.2) is 121 Å². The molecule has 0 aromatic heterocycles. The fourth-order valence-electron chi connectivity index (χ4n) is 5.80. The fourth-order valence-corrected chi connectivity index (χ4v) is 5.80. The second kappa shape index (κ2) is 6.62. The molecular weight excluding hydrogens is 428 g/mol. The van der Waals surface area contributed by atoms with E-state index in [0.717, 1.165) is 11.4 Å². The molecule has 5 aromatic carbocycles. The predicted octanol–water partition coefficient (Wildman–Crippen LogP) is 5.52. The quantitative estimate of drug-likeness (QED) is 0.354. The van der Waals surface area contributed by atoms with Crippen LogP contribution in [0.1, 0.15) is 0 Å². The molecule has 3 aliphatic rings. The van der Waals surface area contributed by atoms with Gasteiger partial charge in [-0.05, 0) is 67.9 Å². The van der Waals surface area contributed by atoms with Gasteiger partial charge in [0.2, 0.25) is 11.4 Å². The third-order valence-corrected chi connectivity index (χ3v) is 7.54. The zero-order valence-electron chi connectivity index (χ0n) is 19.0. The summed E-state index contributed by atoms with van der Waals surface area (Å²) in [6.45, 7) is 0. The minimum absolute atomic E-state index is 0.673. The van der Waals surface area contributed by atoms with Crippen LogP contribution in [0.2, 0.25) is 0 Å². The molecule has 0 saturated carbocycles. The SMILES string of the molecule is C1=CC2(Nc3ccc4ccccc4c3)OC2(Nc2ccc3ccccc3c2)C2=c3ccccc3=C12. The first-order valence-corrected chi connectivity index (χ1v) is 12.0. The van der Waals surface area contributed by atoms with E-state index in [1.807, 2.05) is 0 Å². The standard InChI is InChI=1S/C32H22N2O/c1-3-9-23-19-25(15-13-21(23)7-1)33-31-18-17-29-27-11-5-6-12-28(27)30(29)32(31,35-31)34-26-16-14-22-8-2-4-10-24(22)20-26/h1-20,33-34H. The first kappa shape index (κ1) is 19.0. The minimum atomic E-state index is -0.681. The molecular formula is C32H22N2O. The summed E-state index contributed by atoms with van der Waals surface area (Å²) < 4.78 is 6.71. The molecule has 3 nitrogen and oxygen atoms in total. The number of epoxide rings is 1. The number of rotatable bonds is 4. The van der Waals surface area contributed by atoms with E-state index in [2.05, 4.69) is 132 Å². The van der Waals surface area contributed by atoms with Crippen LogP contribution in [0.3, 0.4) is 0 Å². The smallest absolute Gasteiger partial charge is 0.221 e. The summed E-state index contributed by atoms with van der Waals surface area (Å²) in [5.41, 5.74) is 3.19. The van der Waals surface area contributed by atoms with Crippen molar-refractivity contribution < 1.29 is 4.74 Å². The van der Waals surface area contributed by atoms with E-state index in [4.69, 9.17) is 4.74 Å². The number of fused-ring (bicyclic) bond motifs is 6. The van der Waals surface area contributed by atoms with Crippen molar-refractivity contribution >= 4 is 44.1 Å². The number of benzene rings is 5. The molecule has 0 bridgehead atoms. The summed E-state index contributed by atoms with van der Waals surface area (Å²) in [4.78, 5) is 0. The highest BCUT2D eigenvalue weighted by Crippen LogP contribution is 2.60. The lowest BCUT2D eigenvalue weighted by Gasteiger charge is -2.32. The molecule has 2 N–H and O–H groups in total. The monoisotopic (exact) mass is 450 g/mol. The number of hydrogen-bond acceptors (Lipinski definition) is 3. The van der Waals surface area contributed by atoms with Gasteiger partial charge in [-0.1, -0.05) is 91.0 Å². The van der Waals surface area contributed by atoms with Crippen LogP contribution < -0.4 is 21.1 Å². The average molecular weight is 451 g/mol. The van der Waals surface area contributed by atoms with E-state index in [1.54, 1.807) is 0 Å². The zero-order valence-corrected chi connectivity index (χ0v) is 19.0. The van der Waals surface area contributed by atoms with Gasteiger partial charge in [0.25, 0.3) is 0 Å². The molecule has 1 fully saturated rings. The molecule has 1 aliphatic heterocycles. The molecule has 5 aromatic rings. The number of ether oxygens (including phenoxy) is 1. The van der Waals surface area contributed by atoms with Gasteiger partial charge in [0.15, 0.2) is 0 Å². The minimum Gasteiger partial charge on any atom is -0.350 e. The van der Waals surface area contributed by atoms with Gasteiger partial charge < -0.3 is 15.4 Å². The number of anilines is 2. The predicted molar refractivity (Wildman–Crippen MR) is 143 cm³/mol. The van der Waals surface area contributed by atoms with Crippen LogP contribution in [-0.4, -0.2) is 11.4 Å². The molecule has 8 rings (SSSR count). The Morgan fingerprint density at radius 2 is 1.11 bits per heavy atom. The Labute approximate surface area is 202 Å². The fraction of sp³-hybridized carbons (Fsp3) is 0.0625. The van der Waals surface area contributed by atoms with Gasteiger partial charge in [-0.2, -0.15) is 0 Å². The Bertz CT molecular complexity index is 1850. The summed E-state index contributed by atoms with van der Waals surface area (Å²) in [5, 5.41) is 14.9. The first-order valence-electron chi connectivity index (χ1n) is 12.0. The second-order valence-electron chi connectivity index (χ2n) is 9.56. The third kappa shape index (κ3) is 2.59. The van der Waals surface area contributed by atoms with Crippen LogP contribution in [-0.2, 0) is 4.74 Å². The number of allylic oxidation sites excluding steroid dienone is 1. The van der Waals surface area contributed by atoms with Crippen LogP contribution in [0, 0.1) is 0 Å². The van der Waals surface area contributed by atoms with Crippen molar-refractivity contribution in [2.45, 2.75) is 11.4 Å². The molecule has 3 heteroatoms. The Morgan fingerprint density at radius 1 is 0.543 bits per heavy atom. The van der Waals surface area contributed by atoms with Gasteiger partial charge >= 0.3 is 0 Å². The largest absolute Gasteiger partial charge is 0.350 e. The Hall–Kier alpha value is -4.34. The maximum absolute atomic E-state index is 6.71. The summed E-state index contributed by atoms with van der Waals surface area (Å²) >= 11 is 0. The van der Waals surface area contributed by atoms with Gasteiger partial charge in [-0.3, -0.25) is 0 Å². The topological polar surface area (TPSA) is 36.6 Å². The maximum Gasteiger partial charge on any atom is 0.221 e. The van der Waals surface area contributed by atoms with Gasteiger partial charge in [0, 0.05) is 16.9 Å². The van der Waals surface area contributed by atoms with Crippen molar-refractivity contribution in [3.05, 3.63) is 132 Å². The molecule has 1 saturated heterocycles. The number of hydrogen-bond donors (Lipinski definition) is 2. The van der Waals surface area contributed by atoms with Crippen LogP contribution >= 0.6 is 0 Å². The molecule has 0 spiro atoms. The molecule has 1 heterocycles. The lowest BCUT2D eigenvalue weighted by molar-refractivity contribution is 0.335. The van der Waals surface area contributed by atoms with Gasteiger partial charge in [-0.15, -0.1) is 0 Å². The Balaban J connectivity index is 1.26. The van der Waals surface area contributed by atoms with Gasteiger partial charge in [0.1, 0.15) is 0 Å². The molecule has 166 valence electrons. The van der Waals surface area contributed by atoms with E-state index in [0.29, 0.717) is 0 Å². The molecule has 2 aliphatic carbocycles. The van der Waals surface area contributed by atoms with Crippen LogP contribution in [0.5, 0.6) is 0 Å². The summed E-state index contributed by atoms with van der Waals surface area (Å²) in [6.07, 6.45) is 4.38. The normalized spacial score (nSPS) is 23.3. The molecule has 2 unspecified atom stereocenters. The molecule has 2 atom stereocenters. The highest BCUT2D eigenvalue weighted by molar-refractivity contribution is 6.08. The highest BCUT2D eigenvalue weighted by Gasteiger charge is 2.74. The maximum atomic E-state index is 6.71. The Morgan fingerprint density at radius 3 is 1.80 bits per heavy atom. The van der Waals surface area contributed by atoms with Crippen molar-refractivity contribution in [2.75, 3.05) is 10.6 Å². The summed E-state index contributed by atoms with van der Waals surface area (Å²) in [7, 11) is 0. The van der Waals surface area contributed by atoms with E-state index in [-0.39, 0.29) is 0 Å². The van der Waals surface area contributed by atoms with Crippen molar-refractivity contribution in [3.63, 3.8) is 0 Å². The van der Waals surface area contributed by atoms with E-state index < -0.39 is 11.4 Å². The van der Waals surface area contributed by atoms with Gasteiger partial charge in [0.05, 0.1) is 0 Å². The molecule has 35 heavy (non-hydrogen) atoms. The summed E-state index contributed by atoms with van der Waals surface area (Å²) in [6, 6.07) is 38.5. The van der Waals surface area contributed by atoms with Crippen LogP contribution in [0.25, 0.3) is 32.7 Å². The van der Waals surface area contributed by atoms with E-state index >= 15 is 0 Å². The van der Waals surface area contributed by atoms with Crippen molar-refractivity contribution in [2.24, 2.45) is 0 Å². The Kier molecular flexibility index (Phi) is 3.60. The first-order chi connectivity index (χ1) is 17.2. The van der Waals surface area contributed by atoms with E-state index in [9.17, 15) is 0 Å². The number of nitrogens with one attached hydrogen (secondary N) is 2. The van der Waals surface area contributed by atoms with Gasteiger partial charge in [-0.25, -0.2) is 0 Å². The van der Waals surface area contributed by atoms with Crippen molar-refractivity contribution in [1.82, 2.24) is 0 Å². The van der Waals surface area contributed by atoms with Crippen molar-refractivity contribution in [1.29, 1.82) is 0 Å². The lowest BCUT2D eigenvalue weighted by atomic mass is 9.78. The zero-order chi connectivity index (χ0) is 23.0. The highest BCUT2D eigenvalue weighted by atomic mass is 16.7.